The van der Waals surface area contributed by atoms with Gasteiger partial charge in [0.15, 0.2) is 0 Å². The van der Waals surface area contributed by atoms with E-state index in [0.717, 1.165) is 4.57 Å². The van der Waals surface area contributed by atoms with Crippen LogP contribution < -0.4 is 27.0 Å². The number of benzene rings is 1. The van der Waals surface area contributed by atoms with Gasteiger partial charge in [0.05, 0.1) is 30.2 Å². The van der Waals surface area contributed by atoms with Crippen molar-refractivity contribution < 1.29 is 4.74 Å². The van der Waals surface area contributed by atoms with Crippen LogP contribution >= 0.6 is 0 Å². The van der Waals surface area contributed by atoms with Crippen molar-refractivity contribution >= 4 is 5.82 Å². The molecule has 0 saturated carbocycles. The summed E-state index contributed by atoms with van der Waals surface area (Å²) >= 11 is 0. The molecule has 0 saturated heterocycles. The molecule has 25 heavy (non-hydrogen) atoms. The van der Waals surface area contributed by atoms with E-state index in [2.05, 4.69) is 11.4 Å². The van der Waals surface area contributed by atoms with Crippen molar-refractivity contribution in [3.8, 4) is 11.8 Å². The molecule has 8 heteroatoms. The molecule has 0 unspecified atom stereocenters. The number of anilines is 1. The monoisotopic (exact) mass is 339 g/mol. The van der Waals surface area contributed by atoms with E-state index in [1.807, 2.05) is 0 Å². The van der Waals surface area contributed by atoms with Crippen LogP contribution in [0, 0.1) is 11.3 Å². The third-order valence-corrected chi connectivity index (χ3v) is 4.39. The highest BCUT2D eigenvalue weighted by Crippen LogP contribution is 2.38. The summed E-state index contributed by atoms with van der Waals surface area (Å²) in [6, 6.07) is 9.11. The van der Waals surface area contributed by atoms with Gasteiger partial charge in [0.1, 0.15) is 17.4 Å². The van der Waals surface area contributed by atoms with Crippen molar-refractivity contribution in [3.05, 3.63) is 67.6 Å². The summed E-state index contributed by atoms with van der Waals surface area (Å²) in [6.45, 7) is 0. The summed E-state index contributed by atoms with van der Waals surface area (Å²) in [7, 11) is 4.51. The molecule has 0 amide bonds. The maximum absolute atomic E-state index is 12.8. The summed E-state index contributed by atoms with van der Waals surface area (Å²) in [5.41, 5.74) is 6.30. The van der Waals surface area contributed by atoms with Gasteiger partial charge in [0, 0.05) is 14.1 Å². The Morgan fingerprint density at radius 2 is 1.84 bits per heavy atom. The Morgan fingerprint density at radius 3 is 2.40 bits per heavy atom. The molecule has 8 nitrogen and oxygen atoms in total. The van der Waals surface area contributed by atoms with Gasteiger partial charge in [-0.2, -0.15) is 5.26 Å². The standard InChI is InChI=1S/C17H17N5O3/c1-21-15-13(16(23)22(2)17(21)24)12(11(8-18)14(19)20-15)9-4-6-10(25-3)7-5-9/h4-7,12,20H,19H2,1-3H3/t12-/m1/s1. The lowest BCUT2D eigenvalue weighted by molar-refractivity contribution is 0.414. The van der Waals surface area contributed by atoms with E-state index in [0.29, 0.717) is 22.7 Å². The van der Waals surface area contributed by atoms with Crippen molar-refractivity contribution in [1.82, 2.24) is 9.13 Å². The van der Waals surface area contributed by atoms with Gasteiger partial charge in [-0.1, -0.05) is 12.1 Å². The second kappa shape index (κ2) is 5.87. The van der Waals surface area contributed by atoms with E-state index >= 15 is 0 Å². The first-order valence-electron chi connectivity index (χ1n) is 7.51. The number of nitrogens with one attached hydrogen (secondary N) is 1. The second-order valence-corrected chi connectivity index (χ2v) is 5.74. The summed E-state index contributed by atoms with van der Waals surface area (Å²) in [4.78, 5) is 25.0. The number of ether oxygens (including phenoxy) is 1. The molecular weight excluding hydrogens is 322 g/mol. The van der Waals surface area contributed by atoms with Crippen LogP contribution in [0.3, 0.4) is 0 Å². The van der Waals surface area contributed by atoms with Gasteiger partial charge >= 0.3 is 5.69 Å². The zero-order valence-corrected chi connectivity index (χ0v) is 14.0. The first kappa shape index (κ1) is 16.4. The van der Waals surface area contributed by atoms with Crippen molar-refractivity contribution in [2.24, 2.45) is 19.8 Å². The van der Waals surface area contributed by atoms with Crippen molar-refractivity contribution in [3.63, 3.8) is 0 Å². The molecular formula is C17H17N5O3. The Kier molecular flexibility index (Phi) is 3.85. The molecule has 3 N–H and O–H groups in total. The first-order valence-corrected chi connectivity index (χ1v) is 7.51. The number of nitrogens with two attached hydrogens (primary N) is 1. The van der Waals surface area contributed by atoms with Crippen LogP contribution in [0.5, 0.6) is 5.75 Å². The first-order chi connectivity index (χ1) is 11.9. The lowest BCUT2D eigenvalue weighted by Crippen LogP contribution is -2.43. The largest absolute Gasteiger partial charge is 0.497 e. The fourth-order valence-corrected chi connectivity index (χ4v) is 3.03. The number of rotatable bonds is 2. The number of methoxy groups -OCH3 is 1. The van der Waals surface area contributed by atoms with Gasteiger partial charge in [-0.15, -0.1) is 0 Å². The predicted octanol–water partition coefficient (Wildman–Crippen LogP) is 0.344. The number of hydrogen-bond acceptors (Lipinski definition) is 6. The number of nitrogens with zero attached hydrogens (tertiary/aromatic N) is 3. The molecule has 0 radical (unpaired) electrons. The molecule has 0 bridgehead atoms. The van der Waals surface area contributed by atoms with Crippen LogP contribution in [0.1, 0.15) is 17.0 Å². The second-order valence-electron chi connectivity index (χ2n) is 5.74. The maximum atomic E-state index is 12.8. The molecule has 3 rings (SSSR count). The summed E-state index contributed by atoms with van der Waals surface area (Å²) in [5, 5.41) is 12.4. The molecule has 1 atom stereocenters. The Labute approximate surface area is 143 Å². The minimum atomic E-state index is -0.669. The minimum Gasteiger partial charge on any atom is -0.497 e. The lowest BCUT2D eigenvalue weighted by atomic mass is 9.84. The van der Waals surface area contributed by atoms with Crippen LogP contribution in [0.15, 0.2) is 45.2 Å². The Hall–Kier alpha value is -3.47. The van der Waals surface area contributed by atoms with Crippen molar-refractivity contribution in [1.29, 1.82) is 5.26 Å². The fraction of sp³-hybridized carbons (Fsp3) is 0.235. The van der Waals surface area contributed by atoms with Gasteiger partial charge in [-0.05, 0) is 17.7 Å². The highest BCUT2D eigenvalue weighted by Gasteiger charge is 2.34. The number of hydrogen-bond donors (Lipinski definition) is 2. The Balaban J connectivity index is 2.36. The van der Waals surface area contributed by atoms with Gasteiger partial charge in [-0.3, -0.25) is 13.9 Å². The average Bonchev–Trinajstić information content (AvgIpc) is 2.63. The number of aromatic nitrogens is 2. The zero-order valence-electron chi connectivity index (χ0n) is 14.0. The Bertz CT molecular complexity index is 1040. The predicted molar refractivity (Wildman–Crippen MR) is 92.2 cm³/mol. The van der Waals surface area contributed by atoms with Crippen molar-refractivity contribution in [2.75, 3.05) is 12.4 Å². The molecule has 1 aromatic heterocycles. The van der Waals surface area contributed by atoms with Crippen LogP contribution in [0.25, 0.3) is 0 Å². The maximum Gasteiger partial charge on any atom is 0.332 e. The van der Waals surface area contributed by atoms with Gasteiger partial charge in [0.25, 0.3) is 5.56 Å². The summed E-state index contributed by atoms with van der Waals surface area (Å²) in [6.07, 6.45) is 0. The van der Waals surface area contributed by atoms with Crippen LogP contribution in [0.2, 0.25) is 0 Å². The number of nitriles is 1. The third-order valence-electron chi connectivity index (χ3n) is 4.39. The number of allylic oxidation sites excluding steroid dienone is 1. The summed E-state index contributed by atoms with van der Waals surface area (Å²) < 4.78 is 7.49. The van der Waals surface area contributed by atoms with E-state index in [9.17, 15) is 14.9 Å². The smallest absolute Gasteiger partial charge is 0.332 e. The van der Waals surface area contributed by atoms with Gasteiger partial charge in [0.2, 0.25) is 0 Å². The van der Waals surface area contributed by atoms with Gasteiger partial charge < -0.3 is 15.8 Å². The van der Waals surface area contributed by atoms with E-state index in [4.69, 9.17) is 10.5 Å². The van der Waals surface area contributed by atoms with Crippen LogP contribution in [0.4, 0.5) is 5.82 Å². The van der Waals surface area contributed by atoms with E-state index < -0.39 is 17.2 Å². The molecule has 0 spiro atoms. The quantitative estimate of drug-likeness (QED) is 0.815. The van der Waals surface area contributed by atoms with E-state index in [1.165, 1.54) is 11.6 Å². The molecule has 0 aliphatic carbocycles. The van der Waals surface area contributed by atoms with Crippen LogP contribution in [-0.4, -0.2) is 16.2 Å². The third kappa shape index (κ3) is 2.37. The average molecular weight is 339 g/mol. The molecule has 1 aromatic carbocycles. The highest BCUT2D eigenvalue weighted by molar-refractivity contribution is 5.64. The molecule has 2 heterocycles. The Morgan fingerprint density at radius 1 is 1.20 bits per heavy atom. The van der Waals surface area contributed by atoms with E-state index in [-0.39, 0.29) is 11.4 Å². The van der Waals surface area contributed by atoms with Crippen molar-refractivity contribution in [2.45, 2.75) is 5.92 Å². The normalized spacial score (nSPS) is 16.0. The molecule has 0 fully saturated rings. The molecule has 1 aliphatic heterocycles. The topological polar surface area (TPSA) is 115 Å². The van der Waals surface area contributed by atoms with Gasteiger partial charge in [-0.25, -0.2) is 4.79 Å². The fourth-order valence-electron chi connectivity index (χ4n) is 3.03. The SMILES string of the molecule is COc1ccc([C@@H]2C(C#N)=C(N)Nc3c2c(=O)n(C)c(=O)n3C)cc1. The van der Waals surface area contributed by atoms with E-state index in [1.54, 1.807) is 38.4 Å². The minimum absolute atomic E-state index is 0.124. The molecule has 2 aromatic rings. The molecule has 1 aliphatic rings. The summed E-state index contributed by atoms with van der Waals surface area (Å²) in [5.74, 6) is 0.406. The number of fused-ring (bicyclic) bond motifs is 1. The molecule has 128 valence electrons. The zero-order chi connectivity index (χ0) is 18.3. The van der Waals surface area contributed by atoms with Crippen LogP contribution in [-0.2, 0) is 14.1 Å². The highest BCUT2D eigenvalue weighted by atomic mass is 16.5. The lowest BCUT2D eigenvalue weighted by Gasteiger charge is -2.28.